The number of phenols is 1. The molecule has 2 amide bonds. The van der Waals surface area contributed by atoms with Gasteiger partial charge >= 0.3 is 0 Å². The topological polar surface area (TPSA) is 74.6 Å². The number of hydrogen-bond acceptors (Lipinski definition) is 4. The highest BCUT2D eigenvalue weighted by Crippen LogP contribution is 2.46. The van der Waals surface area contributed by atoms with Gasteiger partial charge in [0.25, 0.3) is 5.91 Å². The zero-order valence-electron chi connectivity index (χ0n) is 15.6. The van der Waals surface area contributed by atoms with Gasteiger partial charge in [-0.3, -0.25) is 14.5 Å². The summed E-state index contributed by atoms with van der Waals surface area (Å²) in [5, 5.41) is 14.5. The number of amides is 2. The molecule has 2 aliphatic rings. The summed E-state index contributed by atoms with van der Waals surface area (Å²) >= 11 is 0. The van der Waals surface area contributed by atoms with Crippen LogP contribution in [0.1, 0.15) is 24.0 Å². The third kappa shape index (κ3) is 2.21. The molecule has 2 N–H and O–H groups in total. The summed E-state index contributed by atoms with van der Waals surface area (Å²) < 4.78 is 2.04. The van der Waals surface area contributed by atoms with E-state index in [1.54, 1.807) is 18.2 Å². The molecule has 1 atom stereocenters. The van der Waals surface area contributed by atoms with Crippen LogP contribution in [-0.4, -0.2) is 32.9 Å². The van der Waals surface area contributed by atoms with E-state index in [9.17, 15) is 14.7 Å². The molecule has 6 heteroatoms. The number of anilines is 1. The number of carbonyl (C=O) groups excluding carboxylic acids is 2. The lowest BCUT2D eigenvalue weighted by molar-refractivity contribution is -0.139. The Morgan fingerprint density at radius 1 is 1.21 bits per heavy atom. The monoisotopic (exact) mass is 373 g/mol. The van der Waals surface area contributed by atoms with Crippen molar-refractivity contribution in [2.24, 2.45) is 7.05 Å². The van der Waals surface area contributed by atoms with Crippen molar-refractivity contribution in [1.29, 1.82) is 0 Å². The predicted octanol–water partition coefficient (Wildman–Crippen LogP) is 3.08. The normalized spacial score (nSPS) is 18.3. The van der Waals surface area contributed by atoms with E-state index in [2.05, 4.69) is 5.32 Å². The van der Waals surface area contributed by atoms with Gasteiger partial charge in [-0.15, -0.1) is 0 Å². The molecule has 0 aliphatic carbocycles. The van der Waals surface area contributed by atoms with Gasteiger partial charge in [-0.25, -0.2) is 0 Å². The Bertz CT molecular complexity index is 1200. The number of rotatable bonds is 1. The highest BCUT2D eigenvalue weighted by atomic mass is 16.3. The van der Waals surface area contributed by atoms with E-state index in [1.807, 2.05) is 42.1 Å². The van der Waals surface area contributed by atoms with Crippen LogP contribution in [0.15, 0.2) is 59.9 Å². The van der Waals surface area contributed by atoms with E-state index in [4.69, 9.17) is 0 Å². The fourth-order valence-corrected chi connectivity index (χ4v) is 4.42. The van der Waals surface area contributed by atoms with Crippen molar-refractivity contribution in [2.45, 2.75) is 12.8 Å². The van der Waals surface area contributed by atoms with Gasteiger partial charge in [-0.2, -0.15) is 0 Å². The van der Waals surface area contributed by atoms with Crippen LogP contribution < -0.4 is 5.32 Å². The maximum absolute atomic E-state index is 13.2. The highest BCUT2D eigenvalue weighted by molar-refractivity contribution is 6.11. The predicted molar refractivity (Wildman–Crippen MR) is 106 cm³/mol. The largest absolute Gasteiger partial charge is 0.508 e. The van der Waals surface area contributed by atoms with Crippen LogP contribution in [0, 0.1) is 0 Å². The zero-order chi connectivity index (χ0) is 19.6. The van der Waals surface area contributed by atoms with Gasteiger partial charge in [0.05, 0.1) is 17.6 Å². The SMILES string of the molecule is CC(=O)N1CC2=C(C1=O)C(c1cccc(O)c1)c1cn(C)c3cccc(c13)N2. The van der Waals surface area contributed by atoms with Crippen molar-refractivity contribution in [3.63, 3.8) is 0 Å². The third-order valence-corrected chi connectivity index (χ3v) is 5.63. The molecule has 0 bridgehead atoms. The van der Waals surface area contributed by atoms with Gasteiger partial charge in [0.15, 0.2) is 0 Å². The smallest absolute Gasteiger partial charge is 0.259 e. The number of phenolic OH excluding ortho intramolecular Hbond substituents is 1. The molecule has 140 valence electrons. The van der Waals surface area contributed by atoms with Crippen LogP contribution in [0.2, 0.25) is 0 Å². The standard InChI is InChI=1S/C22H19N3O3/c1-12(26)25-11-17-21(22(25)28)19(13-5-3-6-14(27)9-13)15-10-24(2)18-8-4-7-16(23-17)20(15)18/h3-10,19,23,27H,11H2,1-2H3. The Kier molecular flexibility index (Phi) is 3.40. The van der Waals surface area contributed by atoms with Gasteiger partial charge < -0.3 is 15.0 Å². The number of aromatic nitrogens is 1. The van der Waals surface area contributed by atoms with Crippen molar-refractivity contribution in [3.8, 4) is 5.75 Å². The van der Waals surface area contributed by atoms with E-state index in [1.165, 1.54) is 11.8 Å². The summed E-state index contributed by atoms with van der Waals surface area (Å²) in [6.45, 7) is 1.63. The first-order valence-electron chi connectivity index (χ1n) is 9.15. The number of aryl methyl sites for hydroxylation is 1. The summed E-state index contributed by atoms with van der Waals surface area (Å²) in [5.41, 5.74) is 5.07. The molecule has 0 saturated carbocycles. The highest BCUT2D eigenvalue weighted by Gasteiger charge is 2.41. The molecule has 0 fully saturated rings. The Morgan fingerprint density at radius 2 is 2.00 bits per heavy atom. The molecular weight excluding hydrogens is 354 g/mol. The first-order valence-corrected chi connectivity index (χ1v) is 9.15. The van der Waals surface area contributed by atoms with E-state index in [-0.39, 0.29) is 30.0 Å². The summed E-state index contributed by atoms with van der Waals surface area (Å²) in [6, 6.07) is 13.0. The minimum atomic E-state index is -0.376. The Balaban J connectivity index is 1.83. The molecule has 2 aromatic carbocycles. The third-order valence-electron chi connectivity index (χ3n) is 5.63. The van der Waals surface area contributed by atoms with Gasteiger partial charge in [0.2, 0.25) is 5.91 Å². The lowest BCUT2D eigenvalue weighted by atomic mass is 9.84. The minimum Gasteiger partial charge on any atom is -0.508 e. The molecule has 6 nitrogen and oxygen atoms in total. The number of nitrogens with zero attached hydrogens (tertiary/aromatic N) is 2. The summed E-state index contributed by atoms with van der Waals surface area (Å²) in [7, 11) is 1.98. The number of aromatic hydroxyl groups is 1. The lowest BCUT2D eigenvalue weighted by Gasteiger charge is -2.19. The van der Waals surface area contributed by atoms with Crippen LogP contribution in [0.25, 0.3) is 10.9 Å². The second-order valence-electron chi connectivity index (χ2n) is 7.35. The second kappa shape index (κ2) is 5.73. The number of nitrogens with one attached hydrogen (secondary N) is 1. The van der Waals surface area contributed by atoms with E-state index >= 15 is 0 Å². The van der Waals surface area contributed by atoms with Crippen LogP contribution >= 0.6 is 0 Å². The fourth-order valence-electron chi connectivity index (χ4n) is 4.42. The average Bonchev–Trinajstić information content (AvgIpc) is 3.10. The Morgan fingerprint density at radius 3 is 2.75 bits per heavy atom. The van der Waals surface area contributed by atoms with E-state index in [0.717, 1.165) is 33.4 Å². The first-order chi connectivity index (χ1) is 13.5. The molecule has 1 aromatic heterocycles. The van der Waals surface area contributed by atoms with Crippen molar-refractivity contribution < 1.29 is 14.7 Å². The van der Waals surface area contributed by atoms with Crippen molar-refractivity contribution in [2.75, 3.05) is 11.9 Å². The summed E-state index contributed by atoms with van der Waals surface area (Å²) in [5.74, 6) is -0.792. The number of benzene rings is 2. The van der Waals surface area contributed by atoms with Crippen LogP contribution in [0.3, 0.4) is 0 Å². The molecule has 0 spiro atoms. The van der Waals surface area contributed by atoms with Crippen molar-refractivity contribution in [3.05, 3.63) is 71.1 Å². The molecule has 5 rings (SSSR count). The van der Waals surface area contributed by atoms with Crippen LogP contribution in [0.5, 0.6) is 5.75 Å². The lowest BCUT2D eigenvalue weighted by Crippen LogP contribution is -2.33. The summed E-state index contributed by atoms with van der Waals surface area (Å²) in [6.07, 6.45) is 2.03. The summed E-state index contributed by atoms with van der Waals surface area (Å²) in [4.78, 5) is 26.5. The molecule has 28 heavy (non-hydrogen) atoms. The molecule has 1 unspecified atom stereocenters. The Hall–Kier alpha value is -3.54. The average molecular weight is 373 g/mol. The minimum absolute atomic E-state index is 0.145. The van der Waals surface area contributed by atoms with Crippen molar-refractivity contribution >= 4 is 28.4 Å². The fraction of sp³-hybridized carbons (Fsp3) is 0.182. The number of imide groups is 1. The number of hydrogen-bond donors (Lipinski definition) is 2. The van der Waals surface area contributed by atoms with Crippen molar-refractivity contribution in [1.82, 2.24) is 9.47 Å². The Labute approximate surface area is 161 Å². The van der Waals surface area contributed by atoms with Crippen LogP contribution in [0.4, 0.5) is 5.69 Å². The van der Waals surface area contributed by atoms with Crippen LogP contribution in [-0.2, 0) is 16.6 Å². The molecule has 2 aliphatic heterocycles. The van der Waals surface area contributed by atoms with Gasteiger partial charge in [-0.1, -0.05) is 18.2 Å². The second-order valence-corrected chi connectivity index (χ2v) is 7.35. The van der Waals surface area contributed by atoms with E-state index < -0.39 is 0 Å². The molecule has 0 radical (unpaired) electrons. The zero-order valence-corrected chi connectivity index (χ0v) is 15.6. The quantitative estimate of drug-likeness (QED) is 0.687. The van der Waals surface area contributed by atoms with Gasteiger partial charge in [0.1, 0.15) is 5.75 Å². The molecule has 3 aromatic rings. The molecule has 3 heterocycles. The maximum Gasteiger partial charge on any atom is 0.259 e. The first kappa shape index (κ1) is 16.6. The van der Waals surface area contributed by atoms with E-state index in [0.29, 0.717) is 5.57 Å². The van der Waals surface area contributed by atoms with Gasteiger partial charge in [0, 0.05) is 42.9 Å². The molecule has 0 saturated heterocycles. The molecular formula is C22H19N3O3. The van der Waals surface area contributed by atoms with Gasteiger partial charge in [-0.05, 0) is 35.4 Å². The maximum atomic E-state index is 13.2. The number of carbonyl (C=O) groups is 2.